The highest BCUT2D eigenvalue weighted by atomic mass is 16.6. The van der Waals surface area contributed by atoms with E-state index in [9.17, 15) is 4.79 Å². The Morgan fingerprint density at radius 2 is 1.55 bits per heavy atom. The molecule has 0 amide bonds. The molecular weight excluding hydrogens is 360 g/mol. The van der Waals surface area contributed by atoms with Gasteiger partial charge in [0.05, 0.1) is 12.2 Å². The van der Waals surface area contributed by atoms with Crippen LogP contribution >= 0.6 is 0 Å². The van der Waals surface area contributed by atoms with Gasteiger partial charge in [0.2, 0.25) is 0 Å². The summed E-state index contributed by atoms with van der Waals surface area (Å²) in [6.07, 6.45) is 21.4. The van der Waals surface area contributed by atoms with Crippen molar-refractivity contribution in [2.75, 3.05) is 6.61 Å². The molecule has 0 radical (unpaired) electrons. The molecule has 2 heterocycles. The van der Waals surface area contributed by atoms with Crippen molar-refractivity contribution >= 4 is 5.97 Å². The van der Waals surface area contributed by atoms with Crippen molar-refractivity contribution in [3.63, 3.8) is 0 Å². The van der Waals surface area contributed by atoms with Gasteiger partial charge in [0, 0.05) is 12.3 Å². The van der Waals surface area contributed by atoms with Crippen molar-refractivity contribution in [1.82, 2.24) is 0 Å². The predicted molar refractivity (Wildman–Crippen MR) is 121 cm³/mol. The minimum Gasteiger partial charge on any atom is -0.465 e. The van der Waals surface area contributed by atoms with E-state index in [0.29, 0.717) is 18.9 Å². The van der Waals surface area contributed by atoms with Crippen LogP contribution in [0.25, 0.3) is 0 Å². The molecule has 2 rings (SSSR count). The van der Waals surface area contributed by atoms with Crippen molar-refractivity contribution < 1.29 is 14.3 Å². The van der Waals surface area contributed by atoms with Gasteiger partial charge in [-0.2, -0.15) is 0 Å². The van der Waals surface area contributed by atoms with Gasteiger partial charge in [-0.25, -0.2) is 0 Å². The van der Waals surface area contributed by atoms with E-state index in [0.717, 1.165) is 32.1 Å². The fourth-order valence-corrected chi connectivity index (χ4v) is 5.62. The third kappa shape index (κ3) is 6.97. The molecule has 3 unspecified atom stereocenters. The van der Waals surface area contributed by atoms with Gasteiger partial charge in [0.1, 0.15) is 5.60 Å². The number of rotatable bonds is 11. The largest absolute Gasteiger partial charge is 0.465 e. The van der Waals surface area contributed by atoms with E-state index < -0.39 is 0 Å². The van der Waals surface area contributed by atoms with Gasteiger partial charge in [-0.05, 0) is 32.1 Å². The van der Waals surface area contributed by atoms with Gasteiger partial charge >= 0.3 is 5.97 Å². The number of esters is 1. The summed E-state index contributed by atoms with van der Waals surface area (Å²) in [6.45, 7) is 7.41. The van der Waals surface area contributed by atoms with Crippen LogP contribution in [0.4, 0.5) is 0 Å². The summed E-state index contributed by atoms with van der Waals surface area (Å²) in [6, 6.07) is 0. The zero-order chi connectivity index (χ0) is 21.0. The molecule has 0 bridgehead atoms. The van der Waals surface area contributed by atoms with Crippen LogP contribution in [0.15, 0.2) is 0 Å². The second kappa shape index (κ2) is 13.0. The molecule has 170 valence electrons. The summed E-state index contributed by atoms with van der Waals surface area (Å²) in [5.41, 5.74) is -0.00863. The molecule has 3 atom stereocenters. The molecule has 2 aliphatic heterocycles. The number of cyclic esters (lactones) is 1. The third-order valence-electron chi connectivity index (χ3n) is 7.55. The summed E-state index contributed by atoms with van der Waals surface area (Å²) in [4.78, 5) is 12.3. The molecule has 29 heavy (non-hydrogen) atoms. The zero-order valence-corrected chi connectivity index (χ0v) is 19.7. The monoisotopic (exact) mass is 408 g/mol. The highest BCUT2D eigenvalue weighted by Crippen LogP contribution is 2.61. The lowest BCUT2D eigenvalue weighted by Crippen LogP contribution is -2.37. The minimum absolute atomic E-state index is 0.00297. The average Bonchev–Trinajstić information content (AvgIpc) is 3.37. The van der Waals surface area contributed by atoms with Crippen molar-refractivity contribution in [2.45, 2.75) is 148 Å². The van der Waals surface area contributed by atoms with Crippen LogP contribution in [0.5, 0.6) is 0 Å². The predicted octanol–water partition coefficient (Wildman–Crippen LogP) is 7.75. The van der Waals surface area contributed by atoms with E-state index in [4.69, 9.17) is 9.47 Å². The molecule has 0 aromatic heterocycles. The number of hydrogen-bond donors (Lipinski definition) is 0. The number of carbonyl (C=O) groups excluding carboxylic acids is 1. The second-order valence-electron chi connectivity index (χ2n) is 9.65. The van der Waals surface area contributed by atoms with Crippen molar-refractivity contribution in [3.8, 4) is 0 Å². The Hall–Kier alpha value is -0.570. The van der Waals surface area contributed by atoms with Crippen LogP contribution < -0.4 is 0 Å². The maximum absolute atomic E-state index is 12.3. The molecular formula is C26H48O3. The van der Waals surface area contributed by atoms with Crippen molar-refractivity contribution in [3.05, 3.63) is 0 Å². The Kier molecular flexibility index (Phi) is 11.0. The van der Waals surface area contributed by atoms with Crippen molar-refractivity contribution in [2.24, 2.45) is 5.92 Å². The topological polar surface area (TPSA) is 38.8 Å². The van der Waals surface area contributed by atoms with Gasteiger partial charge in [0.15, 0.2) is 0 Å². The summed E-state index contributed by atoms with van der Waals surface area (Å²) in [5, 5.41) is 0. The summed E-state index contributed by atoms with van der Waals surface area (Å²) in [7, 11) is 0. The Balaban J connectivity index is 2.09. The smallest absolute Gasteiger partial charge is 0.305 e. The minimum atomic E-state index is -0.0456. The molecule has 0 saturated carbocycles. The van der Waals surface area contributed by atoms with Crippen LogP contribution in [-0.2, 0) is 14.3 Å². The quantitative estimate of drug-likeness (QED) is 0.199. The summed E-state index contributed by atoms with van der Waals surface area (Å²) < 4.78 is 12.6. The number of unbranched alkanes of at least 4 members (excludes halogenated alkanes) is 6. The molecule has 0 N–H and O–H groups in total. The molecule has 0 aromatic rings. The van der Waals surface area contributed by atoms with Crippen molar-refractivity contribution in [1.29, 1.82) is 0 Å². The number of carbonyl (C=O) groups is 1. The molecule has 0 aliphatic carbocycles. The number of epoxide rings is 1. The molecule has 3 nitrogen and oxygen atoms in total. The van der Waals surface area contributed by atoms with E-state index >= 15 is 0 Å². The first-order chi connectivity index (χ1) is 14.1. The Morgan fingerprint density at radius 3 is 2.31 bits per heavy atom. The molecule has 2 fully saturated rings. The van der Waals surface area contributed by atoms with Gasteiger partial charge in [0.25, 0.3) is 0 Å². The molecule has 2 saturated heterocycles. The van der Waals surface area contributed by atoms with Crippen LogP contribution in [0.3, 0.4) is 0 Å². The highest BCUT2D eigenvalue weighted by Gasteiger charge is 2.70. The molecule has 0 spiro atoms. The van der Waals surface area contributed by atoms with Gasteiger partial charge in [-0.1, -0.05) is 97.8 Å². The lowest BCUT2D eigenvalue weighted by atomic mass is 9.73. The number of fused-ring (bicyclic) bond motifs is 1. The summed E-state index contributed by atoms with van der Waals surface area (Å²) in [5.74, 6) is 0.367. The Bertz CT molecular complexity index is 463. The van der Waals surface area contributed by atoms with E-state index in [1.165, 1.54) is 77.0 Å². The SMILES string of the molecule is CCCCCCCCC12OC1(CC)CCCCCCCC(=O)OCC2CCCC. The maximum atomic E-state index is 12.3. The van der Waals surface area contributed by atoms with Gasteiger partial charge in [-0.15, -0.1) is 0 Å². The zero-order valence-electron chi connectivity index (χ0n) is 19.7. The van der Waals surface area contributed by atoms with E-state index in [1.807, 2.05) is 0 Å². The first kappa shape index (κ1) is 24.7. The van der Waals surface area contributed by atoms with Crippen LogP contribution in [0.1, 0.15) is 136 Å². The third-order valence-corrected chi connectivity index (χ3v) is 7.55. The van der Waals surface area contributed by atoms with Crippen LogP contribution in [-0.4, -0.2) is 23.8 Å². The lowest BCUT2D eigenvalue weighted by molar-refractivity contribution is -0.146. The second-order valence-corrected chi connectivity index (χ2v) is 9.65. The van der Waals surface area contributed by atoms with Gasteiger partial charge < -0.3 is 9.47 Å². The highest BCUT2D eigenvalue weighted by molar-refractivity contribution is 5.69. The molecule has 2 aliphatic rings. The van der Waals surface area contributed by atoms with Crippen LogP contribution in [0.2, 0.25) is 0 Å². The first-order valence-corrected chi connectivity index (χ1v) is 13.0. The molecule has 0 aromatic carbocycles. The van der Waals surface area contributed by atoms with Crippen LogP contribution in [0, 0.1) is 5.92 Å². The fraction of sp³-hybridized carbons (Fsp3) is 0.962. The number of ether oxygens (including phenoxy) is 2. The standard InChI is InChI=1S/C26H48O3/c1-4-7-9-10-14-17-21-26-23(18-8-5-2)22-28-24(27)19-15-12-11-13-16-20-25(26,6-3)29-26/h23H,4-22H2,1-3H3. The summed E-state index contributed by atoms with van der Waals surface area (Å²) >= 11 is 0. The maximum Gasteiger partial charge on any atom is 0.305 e. The Morgan fingerprint density at radius 1 is 0.862 bits per heavy atom. The van der Waals surface area contributed by atoms with E-state index in [-0.39, 0.29) is 17.2 Å². The van der Waals surface area contributed by atoms with E-state index in [2.05, 4.69) is 20.8 Å². The number of hydrogen-bond acceptors (Lipinski definition) is 3. The molecule has 3 heteroatoms. The first-order valence-electron chi connectivity index (χ1n) is 13.0. The van der Waals surface area contributed by atoms with E-state index in [1.54, 1.807) is 0 Å². The Labute approximate surface area is 180 Å². The lowest BCUT2D eigenvalue weighted by Gasteiger charge is -2.28. The normalized spacial score (nSPS) is 31.1. The average molecular weight is 409 g/mol. The van der Waals surface area contributed by atoms with Gasteiger partial charge in [-0.3, -0.25) is 4.79 Å². The fourth-order valence-electron chi connectivity index (χ4n) is 5.62.